The Kier molecular flexibility index (Phi) is 4.06. The van der Waals surface area contributed by atoms with Crippen LogP contribution < -0.4 is 11.2 Å². The molecular weight excluding hydrogens is 288 g/mol. The smallest absolute Gasteiger partial charge is 0.254 e. The summed E-state index contributed by atoms with van der Waals surface area (Å²) in [5.74, 6) is -0.717. The number of amides is 1. The number of carbonyl (C=O) groups excluding carboxylic acids is 1. The standard InChI is InChI=1S/C19H16N2O2/c20-19(23)17-13-21(15-9-5-2-6-10-15)16(12-18(17)22)11-14-7-3-1-4-8-14/h1-10,12-13H,11H2,(H2,20,23). The Morgan fingerprint density at radius 3 is 2.17 bits per heavy atom. The highest BCUT2D eigenvalue weighted by atomic mass is 16.2. The normalized spacial score (nSPS) is 10.4. The highest BCUT2D eigenvalue weighted by molar-refractivity contribution is 5.92. The van der Waals surface area contributed by atoms with Crippen LogP contribution in [0.3, 0.4) is 0 Å². The molecule has 0 aliphatic carbocycles. The lowest BCUT2D eigenvalue weighted by atomic mass is 10.1. The second-order valence-corrected chi connectivity index (χ2v) is 5.27. The summed E-state index contributed by atoms with van der Waals surface area (Å²) in [4.78, 5) is 23.6. The van der Waals surface area contributed by atoms with E-state index in [2.05, 4.69) is 0 Å². The van der Waals surface area contributed by atoms with Gasteiger partial charge in [-0.25, -0.2) is 0 Å². The van der Waals surface area contributed by atoms with Crippen molar-refractivity contribution in [1.29, 1.82) is 0 Å². The van der Waals surface area contributed by atoms with E-state index in [1.54, 1.807) is 0 Å². The van der Waals surface area contributed by atoms with Crippen molar-refractivity contribution in [2.45, 2.75) is 6.42 Å². The minimum atomic E-state index is -0.717. The van der Waals surface area contributed by atoms with Crippen molar-refractivity contribution >= 4 is 5.91 Å². The molecule has 23 heavy (non-hydrogen) atoms. The van der Waals surface area contributed by atoms with Gasteiger partial charge in [-0.05, 0) is 17.7 Å². The first kappa shape index (κ1) is 14.8. The predicted octanol–water partition coefficient (Wildman–Crippen LogP) is 2.53. The van der Waals surface area contributed by atoms with Crippen LogP contribution in [0.25, 0.3) is 5.69 Å². The molecule has 1 aromatic heterocycles. The van der Waals surface area contributed by atoms with Crippen LogP contribution in [-0.4, -0.2) is 10.5 Å². The Labute approximate surface area is 133 Å². The van der Waals surface area contributed by atoms with Gasteiger partial charge in [-0.2, -0.15) is 0 Å². The minimum absolute atomic E-state index is 0.00864. The van der Waals surface area contributed by atoms with Gasteiger partial charge in [0.05, 0.1) is 0 Å². The molecule has 1 heterocycles. The largest absolute Gasteiger partial charge is 0.365 e. The van der Waals surface area contributed by atoms with Crippen LogP contribution in [0.5, 0.6) is 0 Å². The SMILES string of the molecule is NC(=O)c1cn(-c2ccccc2)c(Cc2ccccc2)cc1=O. The number of hydrogen-bond acceptors (Lipinski definition) is 2. The van der Waals surface area contributed by atoms with Crippen molar-refractivity contribution in [2.75, 3.05) is 0 Å². The van der Waals surface area contributed by atoms with Crippen LogP contribution in [0, 0.1) is 0 Å². The van der Waals surface area contributed by atoms with Gasteiger partial charge in [-0.1, -0.05) is 48.5 Å². The molecule has 3 aromatic rings. The average molecular weight is 304 g/mol. The van der Waals surface area contributed by atoms with Crippen LogP contribution >= 0.6 is 0 Å². The number of primary amides is 1. The van der Waals surface area contributed by atoms with E-state index in [1.807, 2.05) is 65.2 Å². The Balaban J connectivity index is 2.16. The zero-order valence-electron chi connectivity index (χ0n) is 12.5. The monoisotopic (exact) mass is 304 g/mol. The third-order valence-corrected chi connectivity index (χ3v) is 3.66. The molecule has 0 aliphatic heterocycles. The third kappa shape index (κ3) is 3.21. The number of carbonyl (C=O) groups is 1. The molecule has 0 atom stereocenters. The van der Waals surface area contributed by atoms with Gasteiger partial charge in [0.25, 0.3) is 5.91 Å². The van der Waals surface area contributed by atoms with E-state index in [9.17, 15) is 9.59 Å². The number of hydrogen-bond donors (Lipinski definition) is 1. The molecule has 0 fully saturated rings. The van der Waals surface area contributed by atoms with Crippen molar-refractivity contribution < 1.29 is 4.79 Å². The number of para-hydroxylation sites is 1. The maximum atomic E-state index is 12.1. The Bertz CT molecular complexity index is 884. The zero-order valence-corrected chi connectivity index (χ0v) is 12.5. The van der Waals surface area contributed by atoms with Crippen molar-refractivity contribution in [2.24, 2.45) is 5.73 Å². The number of benzene rings is 2. The molecule has 0 spiro atoms. The van der Waals surface area contributed by atoms with Crippen LogP contribution in [0.2, 0.25) is 0 Å². The molecule has 0 saturated heterocycles. The summed E-state index contributed by atoms with van der Waals surface area (Å²) in [7, 11) is 0. The maximum Gasteiger partial charge on any atom is 0.254 e. The average Bonchev–Trinajstić information content (AvgIpc) is 2.56. The molecule has 0 saturated carbocycles. The second kappa shape index (κ2) is 6.32. The van der Waals surface area contributed by atoms with Crippen LogP contribution in [-0.2, 0) is 6.42 Å². The molecule has 0 aliphatic rings. The van der Waals surface area contributed by atoms with Gasteiger partial charge >= 0.3 is 0 Å². The number of nitrogens with two attached hydrogens (primary N) is 1. The molecular formula is C19H16N2O2. The zero-order chi connectivity index (χ0) is 16.2. The summed E-state index contributed by atoms with van der Waals surface area (Å²) in [5, 5.41) is 0. The quantitative estimate of drug-likeness (QED) is 0.805. The molecule has 114 valence electrons. The van der Waals surface area contributed by atoms with Gasteiger partial charge in [0, 0.05) is 30.1 Å². The number of nitrogens with zero attached hydrogens (tertiary/aromatic N) is 1. The third-order valence-electron chi connectivity index (χ3n) is 3.66. The molecule has 4 heteroatoms. The highest BCUT2D eigenvalue weighted by Crippen LogP contribution is 2.15. The molecule has 0 bridgehead atoms. The van der Waals surface area contributed by atoms with Gasteiger partial charge in [0.1, 0.15) is 5.56 Å². The van der Waals surface area contributed by atoms with Gasteiger partial charge in [-0.3, -0.25) is 9.59 Å². The Morgan fingerprint density at radius 1 is 0.957 bits per heavy atom. The first-order valence-corrected chi connectivity index (χ1v) is 7.30. The molecule has 3 rings (SSSR count). The van der Waals surface area contributed by atoms with Gasteiger partial charge in [-0.15, -0.1) is 0 Å². The first-order valence-electron chi connectivity index (χ1n) is 7.30. The molecule has 2 aromatic carbocycles. The van der Waals surface area contributed by atoms with E-state index in [0.717, 1.165) is 16.9 Å². The van der Waals surface area contributed by atoms with Crippen LogP contribution in [0.15, 0.2) is 77.7 Å². The second-order valence-electron chi connectivity index (χ2n) is 5.27. The summed E-state index contributed by atoms with van der Waals surface area (Å²) in [5.41, 5.74) is 7.72. The number of aromatic nitrogens is 1. The van der Waals surface area contributed by atoms with E-state index in [1.165, 1.54) is 12.3 Å². The summed E-state index contributed by atoms with van der Waals surface area (Å²) in [6, 6.07) is 20.9. The van der Waals surface area contributed by atoms with Crippen molar-refractivity contribution in [3.8, 4) is 5.69 Å². The van der Waals surface area contributed by atoms with Gasteiger partial charge in [0.15, 0.2) is 5.43 Å². The molecule has 0 radical (unpaired) electrons. The Morgan fingerprint density at radius 2 is 1.57 bits per heavy atom. The van der Waals surface area contributed by atoms with E-state index < -0.39 is 5.91 Å². The van der Waals surface area contributed by atoms with Gasteiger partial charge < -0.3 is 10.3 Å². The highest BCUT2D eigenvalue weighted by Gasteiger charge is 2.12. The lowest BCUT2D eigenvalue weighted by Crippen LogP contribution is -2.24. The fourth-order valence-electron chi connectivity index (χ4n) is 2.53. The van der Waals surface area contributed by atoms with Gasteiger partial charge in [0.2, 0.25) is 0 Å². The molecule has 4 nitrogen and oxygen atoms in total. The fraction of sp³-hybridized carbons (Fsp3) is 0.0526. The topological polar surface area (TPSA) is 65.1 Å². The van der Waals surface area contributed by atoms with E-state index in [0.29, 0.717) is 6.42 Å². The first-order chi connectivity index (χ1) is 11.1. The molecule has 2 N–H and O–H groups in total. The van der Waals surface area contributed by atoms with Crippen molar-refractivity contribution in [3.05, 3.63) is 100.0 Å². The van der Waals surface area contributed by atoms with Crippen LogP contribution in [0.4, 0.5) is 0 Å². The predicted molar refractivity (Wildman–Crippen MR) is 89.8 cm³/mol. The summed E-state index contributed by atoms with van der Waals surface area (Å²) in [6.45, 7) is 0. The van der Waals surface area contributed by atoms with Crippen LogP contribution in [0.1, 0.15) is 21.6 Å². The van der Waals surface area contributed by atoms with Crippen molar-refractivity contribution in [1.82, 2.24) is 4.57 Å². The summed E-state index contributed by atoms with van der Waals surface area (Å²) >= 11 is 0. The Hall–Kier alpha value is -3.14. The van der Waals surface area contributed by atoms with E-state index >= 15 is 0 Å². The van der Waals surface area contributed by atoms with E-state index in [4.69, 9.17) is 5.73 Å². The lowest BCUT2D eigenvalue weighted by molar-refractivity contribution is 0.0998. The summed E-state index contributed by atoms with van der Waals surface area (Å²) < 4.78 is 1.84. The minimum Gasteiger partial charge on any atom is -0.365 e. The maximum absolute atomic E-state index is 12.1. The fourth-order valence-corrected chi connectivity index (χ4v) is 2.53. The number of rotatable bonds is 4. The van der Waals surface area contributed by atoms with E-state index in [-0.39, 0.29) is 11.0 Å². The lowest BCUT2D eigenvalue weighted by Gasteiger charge is -2.15. The number of pyridine rings is 1. The van der Waals surface area contributed by atoms with Crippen molar-refractivity contribution in [3.63, 3.8) is 0 Å². The summed E-state index contributed by atoms with van der Waals surface area (Å²) in [6.07, 6.45) is 2.11. The molecule has 1 amide bonds. The molecule has 0 unspecified atom stereocenters.